The number of rotatable bonds is 18. The number of sulfonamides is 1. The summed E-state index contributed by atoms with van der Waals surface area (Å²) in [6, 6.07) is 17.0. The largest absolute Gasteiger partial charge is 0.477 e. The minimum Gasteiger partial charge on any atom is -0.477 e. The van der Waals surface area contributed by atoms with E-state index in [4.69, 9.17) is 0 Å². The monoisotopic (exact) mass is 910 g/mol. The summed E-state index contributed by atoms with van der Waals surface area (Å²) >= 11 is 0. The molecule has 3 heterocycles. The third-order valence-corrected chi connectivity index (χ3v) is 12.1. The number of pyridine rings is 2. The molecule has 0 aliphatic heterocycles. The lowest BCUT2D eigenvalue weighted by Crippen LogP contribution is -2.36. The van der Waals surface area contributed by atoms with Gasteiger partial charge in [-0.1, -0.05) is 42.0 Å². The van der Waals surface area contributed by atoms with Gasteiger partial charge in [0, 0.05) is 55.4 Å². The Morgan fingerprint density at radius 2 is 1.67 bits per heavy atom. The van der Waals surface area contributed by atoms with Gasteiger partial charge in [0.1, 0.15) is 16.3 Å². The van der Waals surface area contributed by atoms with Crippen molar-refractivity contribution < 1.29 is 40.9 Å². The molecule has 332 valence electrons. The van der Waals surface area contributed by atoms with Crippen LogP contribution in [-0.4, -0.2) is 88.8 Å². The normalized spacial score (nSPS) is 12.0. The minimum atomic E-state index is -4.50. The van der Waals surface area contributed by atoms with Gasteiger partial charge in [0.15, 0.2) is 11.7 Å². The number of anilines is 2. The second-order valence-electron chi connectivity index (χ2n) is 14.4. The summed E-state index contributed by atoms with van der Waals surface area (Å²) in [7, 11) is -8.97. The number of H-pyrrole nitrogens is 1. The summed E-state index contributed by atoms with van der Waals surface area (Å²) in [4.78, 5) is 63.4. The third-order valence-electron chi connectivity index (χ3n) is 9.57. The number of amides is 2. The molecule has 0 spiro atoms. The molecule has 0 saturated carbocycles. The molecule has 7 N–H and O–H groups in total. The molecule has 0 aliphatic rings. The van der Waals surface area contributed by atoms with E-state index in [-0.39, 0.29) is 50.8 Å². The number of aryl methyl sites for hydroxylation is 4. The highest BCUT2D eigenvalue weighted by Crippen LogP contribution is 2.24. The van der Waals surface area contributed by atoms with Crippen molar-refractivity contribution in [1.29, 1.82) is 0 Å². The number of hydrazone groups is 1. The number of nitrogens with one attached hydrogen (secondary N) is 5. The van der Waals surface area contributed by atoms with Gasteiger partial charge in [-0.05, 0) is 74.2 Å². The number of imidazole rings is 1. The zero-order valence-electron chi connectivity index (χ0n) is 34.5. The summed E-state index contributed by atoms with van der Waals surface area (Å²) in [5, 5.41) is 22.3. The molecule has 0 aliphatic carbocycles. The highest BCUT2D eigenvalue weighted by atomic mass is 32.2. The first kappa shape index (κ1) is 46.0. The summed E-state index contributed by atoms with van der Waals surface area (Å²) in [6.45, 7) is 4.78. The van der Waals surface area contributed by atoms with Gasteiger partial charge in [-0.2, -0.15) is 26.3 Å². The van der Waals surface area contributed by atoms with Crippen LogP contribution in [-0.2, 0) is 38.0 Å². The molecule has 3 aromatic carbocycles. The van der Waals surface area contributed by atoms with Crippen molar-refractivity contribution in [2.75, 3.05) is 23.8 Å². The molecule has 0 radical (unpaired) electrons. The van der Waals surface area contributed by atoms with E-state index in [0.717, 1.165) is 11.1 Å². The molecule has 0 saturated heterocycles. The zero-order valence-corrected chi connectivity index (χ0v) is 36.1. The number of carbonyl (C=O) groups is 3. The molecule has 0 fully saturated rings. The maximum Gasteiger partial charge on any atom is 0.353 e. The number of carbonyl (C=O) groups excluding carboxylic acids is 2. The number of hydrogen-bond donors (Lipinski definition) is 7. The molecule has 0 bridgehead atoms. The van der Waals surface area contributed by atoms with Gasteiger partial charge in [0.05, 0.1) is 28.7 Å². The highest BCUT2D eigenvalue weighted by molar-refractivity contribution is 7.90. The molecular formula is C42H42N10O10S2. The molecule has 22 heteroatoms. The first-order chi connectivity index (χ1) is 30.4. The Bertz CT molecular complexity index is 3070. The first-order valence-corrected chi connectivity index (χ1v) is 22.2. The van der Waals surface area contributed by atoms with E-state index in [1.807, 2.05) is 0 Å². The van der Waals surface area contributed by atoms with E-state index in [1.165, 1.54) is 48.9 Å². The Morgan fingerprint density at radius 1 is 0.922 bits per heavy atom. The molecule has 3 aromatic heterocycles. The van der Waals surface area contributed by atoms with Crippen LogP contribution in [0.3, 0.4) is 0 Å². The number of aromatic amines is 1. The fourth-order valence-corrected chi connectivity index (χ4v) is 8.87. The molecule has 6 aromatic rings. The van der Waals surface area contributed by atoms with E-state index in [1.54, 1.807) is 74.1 Å². The predicted molar refractivity (Wildman–Crippen MR) is 238 cm³/mol. The summed E-state index contributed by atoms with van der Waals surface area (Å²) in [5.41, 5.74) is 3.90. The predicted octanol–water partition coefficient (Wildman–Crippen LogP) is 3.81. The molecule has 2 amide bonds. The van der Waals surface area contributed by atoms with Crippen molar-refractivity contribution in [1.82, 2.24) is 30.2 Å². The standard InChI is InChI=1S/C42H42N10O10S2/c1-25-17-26(2)38(27(3)18-25)63(58,59)51-33(41(56)57)23-47-40(55)32-24-52(34-19-28(9-11-31(34)37(32)53)20-48-42-44-14-15-45-42)16-6-13-43-39(54)30-10-12-36(46-21-30)50-49-22-29-7-4-5-8-35(29)64(60,61)62/h4-5,7-12,14-15,17-19,21-22,24H,6,13,16,20,23H2,1-3H3,(H,43,54)(H,46,50)(H,47,55)(H,56,57)(H2,44,45,48)(H,60,61,62)/b49-22+,51-33?. The van der Waals surface area contributed by atoms with Gasteiger partial charge in [-0.3, -0.25) is 24.4 Å². The molecular weight excluding hydrogens is 869 g/mol. The van der Waals surface area contributed by atoms with Gasteiger partial charge in [0.25, 0.3) is 32.0 Å². The average Bonchev–Trinajstić information content (AvgIpc) is 3.77. The van der Waals surface area contributed by atoms with Crippen LogP contribution in [0.1, 0.15) is 55.0 Å². The zero-order chi connectivity index (χ0) is 46.2. The van der Waals surface area contributed by atoms with Gasteiger partial charge >= 0.3 is 5.97 Å². The van der Waals surface area contributed by atoms with Crippen molar-refractivity contribution >= 4 is 72.5 Å². The Morgan fingerprint density at radius 3 is 2.34 bits per heavy atom. The molecule has 0 atom stereocenters. The number of carboxylic acid groups (broad SMARTS) is 1. The van der Waals surface area contributed by atoms with Crippen LogP contribution in [0.15, 0.2) is 116 Å². The molecule has 64 heavy (non-hydrogen) atoms. The van der Waals surface area contributed by atoms with Gasteiger partial charge in [-0.15, -0.1) is 0 Å². The van der Waals surface area contributed by atoms with Gasteiger partial charge in [0.2, 0.25) is 5.43 Å². The van der Waals surface area contributed by atoms with E-state index in [0.29, 0.717) is 35.6 Å². The van der Waals surface area contributed by atoms with Crippen LogP contribution >= 0.6 is 0 Å². The summed E-state index contributed by atoms with van der Waals surface area (Å²) < 4.78 is 64.5. The smallest absolute Gasteiger partial charge is 0.353 e. The summed E-state index contributed by atoms with van der Waals surface area (Å²) in [5.74, 6) is -2.34. The number of aromatic nitrogens is 4. The number of benzene rings is 3. The van der Waals surface area contributed by atoms with E-state index in [9.17, 15) is 45.7 Å². The number of fused-ring (bicyclic) bond motifs is 1. The topological polar surface area (TPSA) is 296 Å². The van der Waals surface area contributed by atoms with Crippen LogP contribution in [0.25, 0.3) is 10.9 Å². The van der Waals surface area contributed by atoms with Crippen LogP contribution in [0.2, 0.25) is 0 Å². The highest BCUT2D eigenvalue weighted by Gasteiger charge is 2.24. The van der Waals surface area contributed by atoms with Crippen LogP contribution < -0.4 is 26.8 Å². The fourth-order valence-electron chi connectivity index (χ4n) is 6.75. The van der Waals surface area contributed by atoms with Crippen molar-refractivity contribution in [3.63, 3.8) is 0 Å². The van der Waals surface area contributed by atoms with E-state index in [2.05, 4.69) is 45.8 Å². The average molecular weight is 911 g/mol. The van der Waals surface area contributed by atoms with Gasteiger partial charge < -0.3 is 30.6 Å². The molecule has 20 nitrogen and oxygen atoms in total. The van der Waals surface area contributed by atoms with E-state index >= 15 is 0 Å². The van der Waals surface area contributed by atoms with Crippen molar-refractivity contribution in [3.8, 4) is 0 Å². The number of aliphatic carboxylic acids is 1. The first-order valence-electron chi connectivity index (χ1n) is 19.3. The quantitative estimate of drug-likeness (QED) is 0.0279. The van der Waals surface area contributed by atoms with Crippen LogP contribution in [0, 0.1) is 20.8 Å². The second kappa shape index (κ2) is 19.7. The molecule has 6 rings (SSSR count). The number of nitrogens with zero attached hydrogens (tertiary/aromatic N) is 5. The second-order valence-corrected chi connectivity index (χ2v) is 17.3. The molecule has 0 unspecified atom stereocenters. The van der Waals surface area contributed by atoms with Crippen molar-refractivity contribution in [2.45, 2.75) is 50.1 Å². The minimum absolute atomic E-state index is 0.139. The Labute approximate surface area is 366 Å². The summed E-state index contributed by atoms with van der Waals surface area (Å²) in [6.07, 6.45) is 7.37. The van der Waals surface area contributed by atoms with Crippen molar-refractivity contribution in [2.24, 2.45) is 9.50 Å². The maximum absolute atomic E-state index is 13.8. The Balaban J connectivity index is 1.16. The number of hydrogen-bond acceptors (Lipinski definition) is 13. The van der Waals surface area contributed by atoms with E-state index < -0.39 is 55.6 Å². The van der Waals surface area contributed by atoms with Crippen LogP contribution in [0.5, 0.6) is 0 Å². The Kier molecular flexibility index (Phi) is 14.1. The fraction of sp³-hybridized carbons (Fsp3) is 0.190. The lowest BCUT2D eigenvalue weighted by Gasteiger charge is -2.15. The maximum atomic E-state index is 13.8. The number of carboxylic acids is 1. The van der Waals surface area contributed by atoms with Crippen LogP contribution in [0.4, 0.5) is 11.8 Å². The lowest BCUT2D eigenvalue weighted by atomic mass is 10.1. The lowest BCUT2D eigenvalue weighted by molar-refractivity contribution is -0.129. The SMILES string of the molecule is Cc1cc(C)c(S(=O)(=O)N=C(CNC(=O)c2cn(CCCNC(=O)c3ccc(N/N=C/c4ccccc4S(=O)(=O)O)nc3)c3cc(CNc4ncc[nH]4)ccc3c2=O)C(=O)O)c(C)c1. The van der Waals surface area contributed by atoms with Gasteiger partial charge in [-0.25, -0.2) is 14.8 Å². The Hall–Kier alpha value is -7.56. The third kappa shape index (κ3) is 11.3. The van der Waals surface area contributed by atoms with Crippen molar-refractivity contribution in [3.05, 3.63) is 141 Å².